The highest BCUT2D eigenvalue weighted by Gasteiger charge is 2.29. The predicted octanol–water partition coefficient (Wildman–Crippen LogP) is 2.49. The molecule has 0 aromatic rings. The van der Waals surface area contributed by atoms with Gasteiger partial charge in [0.15, 0.2) is 0 Å². The van der Waals surface area contributed by atoms with Crippen LogP contribution in [0.5, 0.6) is 0 Å². The van der Waals surface area contributed by atoms with Crippen molar-refractivity contribution in [3.05, 3.63) is 0 Å². The zero-order valence-electron chi connectivity index (χ0n) is 12.9. The van der Waals surface area contributed by atoms with E-state index in [4.69, 9.17) is 10.1 Å². The van der Waals surface area contributed by atoms with Crippen LogP contribution >= 0.6 is 11.9 Å². The van der Waals surface area contributed by atoms with E-state index in [1.54, 1.807) is 0 Å². The summed E-state index contributed by atoms with van der Waals surface area (Å²) in [6, 6.07) is -1.79. The standard InChI is InChI=1S/C12H24N4O3S/c1-7-8-19-9(13)16(11(18)15(5)6)10(17)14-20-12(2,3)4/h13H,7-8H2,1-6H3,(H,14,17). The van der Waals surface area contributed by atoms with Gasteiger partial charge in [-0.3, -0.25) is 10.1 Å². The third kappa shape index (κ3) is 6.65. The lowest BCUT2D eigenvalue weighted by Crippen LogP contribution is -2.50. The molecule has 7 nitrogen and oxygen atoms in total. The van der Waals surface area contributed by atoms with E-state index in [2.05, 4.69) is 4.72 Å². The van der Waals surface area contributed by atoms with Crippen LogP contribution in [-0.2, 0) is 4.74 Å². The number of nitrogens with one attached hydrogen (secondary N) is 2. The van der Waals surface area contributed by atoms with Gasteiger partial charge in [0, 0.05) is 18.8 Å². The maximum Gasteiger partial charge on any atom is 0.343 e. The van der Waals surface area contributed by atoms with Crippen LogP contribution in [0.3, 0.4) is 0 Å². The van der Waals surface area contributed by atoms with Crippen LogP contribution in [0.4, 0.5) is 9.59 Å². The van der Waals surface area contributed by atoms with Gasteiger partial charge in [0.05, 0.1) is 6.61 Å². The molecule has 20 heavy (non-hydrogen) atoms. The van der Waals surface area contributed by atoms with Crippen LogP contribution in [-0.4, -0.2) is 53.3 Å². The van der Waals surface area contributed by atoms with Crippen LogP contribution in [0.15, 0.2) is 0 Å². The van der Waals surface area contributed by atoms with Gasteiger partial charge in [-0.25, -0.2) is 9.59 Å². The fourth-order valence-corrected chi connectivity index (χ4v) is 1.46. The Labute approximate surface area is 124 Å². The Kier molecular flexibility index (Phi) is 7.41. The number of urea groups is 2. The third-order valence-corrected chi connectivity index (χ3v) is 2.76. The molecule has 0 saturated heterocycles. The lowest BCUT2D eigenvalue weighted by molar-refractivity contribution is 0.173. The minimum atomic E-state index is -0.690. The summed E-state index contributed by atoms with van der Waals surface area (Å²) in [6.45, 7) is 7.93. The summed E-state index contributed by atoms with van der Waals surface area (Å²) in [5.74, 6) is 0. The molecule has 0 aliphatic carbocycles. The number of carbonyl (C=O) groups excluding carboxylic acids is 2. The number of nitrogens with zero attached hydrogens (tertiary/aromatic N) is 2. The normalized spacial score (nSPS) is 10.7. The lowest BCUT2D eigenvalue weighted by atomic mass is 10.3. The van der Waals surface area contributed by atoms with Crippen LogP contribution in [0.2, 0.25) is 0 Å². The minimum Gasteiger partial charge on any atom is -0.465 e. The molecule has 0 atom stereocenters. The average molecular weight is 304 g/mol. The van der Waals surface area contributed by atoms with E-state index in [1.165, 1.54) is 30.9 Å². The van der Waals surface area contributed by atoms with Gasteiger partial charge in [-0.15, -0.1) is 0 Å². The van der Waals surface area contributed by atoms with E-state index in [0.717, 1.165) is 0 Å². The number of imide groups is 1. The topological polar surface area (TPSA) is 85.7 Å². The SMILES string of the molecule is CCCOC(=N)N(C(=O)NSC(C)(C)C)C(=O)N(C)C. The number of amidine groups is 1. The molecule has 0 aromatic heterocycles. The Hall–Kier alpha value is -1.44. The van der Waals surface area contributed by atoms with Gasteiger partial charge < -0.3 is 9.64 Å². The number of rotatable bonds is 3. The predicted molar refractivity (Wildman–Crippen MR) is 80.8 cm³/mol. The van der Waals surface area contributed by atoms with Crippen LogP contribution in [0.1, 0.15) is 34.1 Å². The molecule has 0 unspecified atom stereocenters. The quantitative estimate of drug-likeness (QED) is 0.476. The molecule has 8 heteroatoms. The average Bonchev–Trinajstić information content (AvgIpc) is 2.32. The smallest absolute Gasteiger partial charge is 0.343 e. The summed E-state index contributed by atoms with van der Waals surface area (Å²) in [5.41, 5.74) is 0. The van der Waals surface area contributed by atoms with Gasteiger partial charge in [0.25, 0.3) is 0 Å². The Morgan fingerprint density at radius 1 is 1.30 bits per heavy atom. The van der Waals surface area contributed by atoms with E-state index in [0.29, 0.717) is 11.3 Å². The Bertz CT molecular complexity index is 366. The summed E-state index contributed by atoms with van der Waals surface area (Å²) in [6.07, 6.45) is 0.685. The molecule has 0 aromatic carbocycles. The maximum absolute atomic E-state index is 12.1. The Morgan fingerprint density at radius 3 is 2.25 bits per heavy atom. The molecule has 0 aliphatic rings. The number of ether oxygens (including phenoxy) is 1. The zero-order chi connectivity index (χ0) is 15.9. The summed E-state index contributed by atoms with van der Waals surface area (Å²) in [7, 11) is 3.01. The van der Waals surface area contributed by atoms with Crippen molar-refractivity contribution in [3.8, 4) is 0 Å². The minimum absolute atomic E-state index is 0.199. The monoisotopic (exact) mass is 304 g/mol. The van der Waals surface area contributed by atoms with Crippen molar-refractivity contribution in [2.45, 2.75) is 38.9 Å². The van der Waals surface area contributed by atoms with Gasteiger partial charge in [0.1, 0.15) is 0 Å². The highest BCUT2D eigenvalue weighted by molar-refractivity contribution is 7.99. The van der Waals surface area contributed by atoms with Crippen molar-refractivity contribution in [3.63, 3.8) is 0 Å². The first-order valence-corrected chi connectivity index (χ1v) is 7.12. The van der Waals surface area contributed by atoms with Crippen LogP contribution < -0.4 is 4.72 Å². The van der Waals surface area contributed by atoms with Crippen LogP contribution in [0, 0.1) is 5.41 Å². The Morgan fingerprint density at radius 2 is 1.85 bits per heavy atom. The molecule has 2 N–H and O–H groups in total. The molecule has 0 heterocycles. The molecule has 0 rings (SSSR count). The third-order valence-electron chi connectivity index (χ3n) is 1.87. The first-order chi connectivity index (χ1) is 9.10. The van der Waals surface area contributed by atoms with Crippen molar-refractivity contribution in [1.29, 1.82) is 5.41 Å². The highest BCUT2D eigenvalue weighted by Crippen LogP contribution is 2.19. The van der Waals surface area contributed by atoms with Crippen molar-refractivity contribution in [1.82, 2.24) is 14.5 Å². The second-order valence-electron chi connectivity index (χ2n) is 5.29. The van der Waals surface area contributed by atoms with Gasteiger partial charge in [0.2, 0.25) is 0 Å². The van der Waals surface area contributed by atoms with Gasteiger partial charge >= 0.3 is 18.1 Å². The number of hydrogen-bond acceptors (Lipinski definition) is 5. The molecule has 0 radical (unpaired) electrons. The summed E-state index contributed by atoms with van der Waals surface area (Å²) in [5, 5.41) is 7.72. The molecule has 116 valence electrons. The number of amides is 4. The highest BCUT2D eigenvalue weighted by atomic mass is 32.2. The second kappa shape index (κ2) is 7.98. The van der Waals surface area contributed by atoms with Crippen molar-refractivity contribution in [2.24, 2.45) is 0 Å². The van der Waals surface area contributed by atoms with E-state index in [1.807, 2.05) is 27.7 Å². The van der Waals surface area contributed by atoms with E-state index < -0.39 is 18.1 Å². The molecule has 0 aliphatic heterocycles. The van der Waals surface area contributed by atoms with E-state index in [-0.39, 0.29) is 11.4 Å². The molecule has 0 spiro atoms. The van der Waals surface area contributed by atoms with Crippen LogP contribution in [0.25, 0.3) is 0 Å². The van der Waals surface area contributed by atoms with Crippen molar-refractivity contribution >= 4 is 30.0 Å². The molecule has 0 bridgehead atoms. The summed E-state index contributed by atoms with van der Waals surface area (Å²) in [4.78, 5) is 25.9. The van der Waals surface area contributed by atoms with Gasteiger partial charge in [-0.05, 0) is 39.1 Å². The summed E-state index contributed by atoms with van der Waals surface area (Å²) < 4.78 is 7.42. The molecular formula is C12H24N4O3S. The van der Waals surface area contributed by atoms with E-state index in [9.17, 15) is 9.59 Å². The summed E-state index contributed by atoms with van der Waals surface area (Å²) >= 11 is 1.18. The number of hydrogen-bond donors (Lipinski definition) is 2. The van der Waals surface area contributed by atoms with Gasteiger partial charge in [-0.1, -0.05) is 6.92 Å². The largest absolute Gasteiger partial charge is 0.465 e. The zero-order valence-corrected chi connectivity index (χ0v) is 13.8. The molecular weight excluding hydrogens is 280 g/mol. The molecule has 0 saturated carbocycles. The second-order valence-corrected chi connectivity index (χ2v) is 6.92. The number of carbonyl (C=O) groups is 2. The fourth-order valence-electron chi connectivity index (χ4n) is 0.972. The fraction of sp³-hybridized carbons (Fsp3) is 0.750. The van der Waals surface area contributed by atoms with Gasteiger partial charge in [-0.2, -0.15) is 4.90 Å². The molecule has 0 fully saturated rings. The first-order valence-electron chi connectivity index (χ1n) is 6.31. The Balaban J connectivity index is 4.88. The first kappa shape index (κ1) is 18.6. The van der Waals surface area contributed by atoms with E-state index >= 15 is 0 Å². The maximum atomic E-state index is 12.1. The van der Waals surface area contributed by atoms with Crippen molar-refractivity contribution in [2.75, 3.05) is 20.7 Å². The lowest BCUT2D eigenvalue weighted by Gasteiger charge is -2.25. The molecule has 4 amide bonds. The van der Waals surface area contributed by atoms with Crippen molar-refractivity contribution < 1.29 is 14.3 Å².